The van der Waals surface area contributed by atoms with Crippen LogP contribution in [0.25, 0.3) is 22.0 Å². The number of carbonyl (C=O) groups is 1. The Kier molecular flexibility index (Phi) is 6.91. The molecule has 1 amide bonds. The zero-order chi connectivity index (χ0) is 23.4. The number of nitrogens with zero attached hydrogens (tertiary/aromatic N) is 3. The highest BCUT2D eigenvalue weighted by Gasteiger charge is 2.31. The summed E-state index contributed by atoms with van der Waals surface area (Å²) in [6.07, 6.45) is 9.68. The van der Waals surface area contributed by atoms with Gasteiger partial charge in [-0.25, -0.2) is 14.8 Å². The minimum atomic E-state index is -0.552. The molecule has 1 aliphatic carbocycles. The number of aromatic nitrogens is 3. The molecule has 0 radical (unpaired) electrons. The number of ether oxygens (including phenoxy) is 1. The smallest absolute Gasteiger partial charge is 0.408 e. The predicted octanol–water partition coefficient (Wildman–Crippen LogP) is 6.40. The van der Waals surface area contributed by atoms with Gasteiger partial charge in [-0.1, -0.05) is 32.3 Å². The number of fused-ring (bicyclic) bond motifs is 1. The lowest BCUT2D eigenvalue weighted by molar-refractivity contribution is 0.0472. The highest BCUT2D eigenvalue weighted by Crippen LogP contribution is 2.35. The fourth-order valence-electron chi connectivity index (χ4n) is 4.64. The number of hydrogen-bond donors (Lipinski definition) is 1. The minimum Gasteiger partial charge on any atom is -0.444 e. The van der Waals surface area contributed by atoms with Crippen LogP contribution in [0.4, 0.5) is 4.79 Å². The number of amides is 1. The quantitative estimate of drug-likeness (QED) is 0.491. The maximum Gasteiger partial charge on any atom is 0.408 e. The van der Waals surface area contributed by atoms with Gasteiger partial charge in [-0.2, -0.15) is 0 Å². The summed E-state index contributed by atoms with van der Waals surface area (Å²) in [6, 6.07) is 10.1. The fraction of sp³-hybridized carbons (Fsp3) is 0.481. The Morgan fingerprint density at radius 3 is 2.45 bits per heavy atom. The van der Waals surface area contributed by atoms with Crippen LogP contribution in [0.1, 0.15) is 77.4 Å². The van der Waals surface area contributed by atoms with Crippen molar-refractivity contribution in [3.05, 3.63) is 54.2 Å². The van der Waals surface area contributed by atoms with Crippen LogP contribution in [0, 0.1) is 5.92 Å². The summed E-state index contributed by atoms with van der Waals surface area (Å²) in [4.78, 5) is 26.8. The van der Waals surface area contributed by atoms with Crippen LogP contribution in [0.15, 0.2) is 42.7 Å². The first-order valence-corrected chi connectivity index (χ1v) is 12.0. The van der Waals surface area contributed by atoms with E-state index in [-0.39, 0.29) is 6.04 Å². The molecule has 1 saturated carbocycles. The molecule has 1 aromatic carbocycles. The molecule has 0 aliphatic heterocycles. The molecular weight excluding hydrogens is 412 g/mol. The number of aryl methyl sites for hydroxylation is 1. The lowest BCUT2D eigenvalue weighted by Gasteiger charge is -2.31. The van der Waals surface area contributed by atoms with Gasteiger partial charge in [0.1, 0.15) is 5.60 Å². The molecule has 174 valence electrons. The number of nitrogens with one attached hydrogen (secondary N) is 1. The van der Waals surface area contributed by atoms with Crippen LogP contribution in [0.2, 0.25) is 0 Å². The molecule has 1 fully saturated rings. The Morgan fingerprint density at radius 2 is 1.79 bits per heavy atom. The lowest BCUT2D eigenvalue weighted by Crippen LogP contribution is -2.39. The molecule has 1 unspecified atom stereocenters. The second kappa shape index (κ2) is 9.86. The van der Waals surface area contributed by atoms with E-state index in [0.717, 1.165) is 47.0 Å². The Bertz CT molecular complexity index is 1100. The molecular formula is C27H34N4O2. The Balaban J connectivity index is 1.72. The van der Waals surface area contributed by atoms with Gasteiger partial charge >= 0.3 is 6.09 Å². The maximum absolute atomic E-state index is 12.7. The largest absolute Gasteiger partial charge is 0.444 e. The van der Waals surface area contributed by atoms with Gasteiger partial charge in [0.05, 0.1) is 17.3 Å². The second-order valence-electron chi connectivity index (χ2n) is 9.87. The number of carbonyl (C=O) groups excluding carboxylic acids is 1. The molecule has 6 heteroatoms. The van der Waals surface area contributed by atoms with Crippen LogP contribution >= 0.6 is 0 Å². The van der Waals surface area contributed by atoms with Gasteiger partial charge in [-0.05, 0) is 81.3 Å². The summed E-state index contributed by atoms with van der Waals surface area (Å²) in [5.41, 5.74) is 3.58. The standard InChI is InChI=1S/C27H34N4O2/c1-5-22-21-17-20(18-13-15-28-16-14-18)11-12-23(21)30-25(29-22)24(19-9-7-6-8-10-19)31-26(32)33-27(2,3)4/h11-17,19,24H,5-10H2,1-4H3,(H,31,32). The van der Waals surface area contributed by atoms with Gasteiger partial charge in [0.2, 0.25) is 0 Å². The molecule has 1 N–H and O–H groups in total. The molecule has 0 saturated heterocycles. The van der Waals surface area contributed by atoms with Crippen molar-refractivity contribution in [2.75, 3.05) is 0 Å². The van der Waals surface area contributed by atoms with Crippen molar-refractivity contribution in [3.63, 3.8) is 0 Å². The third-order valence-corrected chi connectivity index (χ3v) is 6.21. The highest BCUT2D eigenvalue weighted by atomic mass is 16.6. The van der Waals surface area contributed by atoms with Crippen molar-refractivity contribution in [2.45, 2.75) is 77.9 Å². The Morgan fingerprint density at radius 1 is 1.06 bits per heavy atom. The zero-order valence-electron chi connectivity index (χ0n) is 20.1. The average molecular weight is 447 g/mol. The molecule has 4 rings (SSSR count). The average Bonchev–Trinajstić information content (AvgIpc) is 2.81. The SMILES string of the molecule is CCc1nc(C(NC(=O)OC(C)(C)C)C2CCCCC2)nc2ccc(-c3ccncc3)cc12. The topological polar surface area (TPSA) is 77.0 Å². The van der Waals surface area contributed by atoms with Crippen LogP contribution in [-0.4, -0.2) is 26.6 Å². The summed E-state index contributed by atoms with van der Waals surface area (Å²) in [5.74, 6) is 0.998. The van der Waals surface area contributed by atoms with Gasteiger partial charge in [-0.15, -0.1) is 0 Å². The lowest BCUT2D eigenvalue weighted by atomic mass is 9.83. The van der Waals surface area contributed by atoms with Gasteiger partial charge < -0.3 is 10.1 Å². The van der Waals surface area contributed by atoms with Crippen LogP contribution < -0.4 is 5.32 Å². The molecule has 33 heavy (non-hydrogen) atoms. The Labute approximate surface area is 196 Å². The number of rotatable bonds is 5. The van der Waals surface area contributed by atoms with E-state index in [0.29, 0.717) is 11.7 Å². The van der Waals surface area contributed by atoms with E-state index in [1.165, 1.54) is 19.3 Å². The summed E-state index contributed by atoms with van der Waals surface area (Å²) < 4.78 is 5.58. The van der Waals surface area contributed by atoms with Crippen molar-refractivity contribution in [3.8, 4) is 11.1 Å². The number of alkyl carbamates (subject to hydrolysis) is 1. The van der Waals surface area contributed by atoms with Crippen LogP contribution in [-0.2, 0) is 11.2 Å². The fourth-order valence-corrected chi connectivity index (χ4v) is 4.64. The summed E-state index contributed by atoms with van der Waals surface area (Å²) in [6.45, 7) is 7.75. The molecule has 3 aromatic rings. The van der Waals surface area contributed by atoms with Crippen LogP contribution in [0.3, 0.4) is 0 Å². The van der Waals surface area contributed by atoms with Gasteiger partial charge in [0, 0.05) is 17.8 Å². The normalized spacial score (nSPS) is 15.9. The van der Waals surface area contributed by atoms with E-state index in [4.69, 9.17) is 14.7 Å². The summed E-state index contributed by atoms with van der Waals surface area (Å²) in [5, 5.41) is 4.17. The third kappa shape index (κ3) is 5.67. The first-order chi connectivity index (χ1) is 15.8. The third-order valence-electron chi connectivity index (χ3n) is 6.21. The minimum absolute atomic E-state index is 0.255. The van der Waals surface area contributed by atoms with E-state index in [1.807, 2.05) is 32.9 Å². The first-order valence-electron chi connectivity index (χ1n) is 12.0. The molecule has 0 spiro atoms. The van der Waals surface area contributed by atoms with Crippen LogP contribution in [0.5, 0.6) is 0 Å². The van der Waals surface area contributed by atoms with E-state index in [1.54, 1.807) is 12.4 Å². The number of pyridine rings is 1. The van der Waals surface area contributed by atoms with Crippen molar-refractivity contribution in [1.82, 2.24) is 20.3 Å². The molecule has 1 atom stereocenters. The zero-order valence-corrected chi connectivity index (χ0v) is 20.1. The van der Waals surface area contributed by atoms with Crippen molar-refractivity contribution >= 4 is 17.0 Å². The van der Waals surface area contributed by atoms with Gasteiger partial charge in [0.15, 0.2) is 5.82 Å². The molecule has 0 bridgehead atoms. The first kappa shape index (κ1) is 23.1. The van der Waals surface area contributed by atoms with E-state index in [2.05, 4.69) is 35.4 Å². The van der Waals surface area contributed by atoms with Crippen molar-refractivity contribution in [2.24, 2.45) is 5.92 Å². The summed E-state index contributed by atoms with van der Waals surface area (Å²) in [7, 11) is 0. The number of benzene rings is 1. The molecule has 2 heterocycles. The van der Waals surface area contributed by atoms with Gasteiger partial charge in [0.25, 0.3) is 0 Å². The maximum atomic E-state index is 12.7. The molecule has 6 nitrogen and oxygen atoms in total. The van der Waals surface area contributed by atoms with E-state index < -0.39 is 11.7 Å². The van der Waals surface area contributed by atoms with Crippen molar-refractivity contribution < 1.29 is 9.53 Å². The second-order valence-corrected chi connectivity index (χ2v) is 9.87. The Hall–Kier alpha value is -3.02. The number of hydrogen-bond acceptors (Lipinski definition) is 5. The van der Waals surface area contributed by atoms with E-state index >= 15 is 0 Å². The van der Waals surface area contributed by atoms with E-state index in [9.17, 15) is 4.79 Å². The predicted molar refractivity (Wildman–Crippen MR) is 131 cm³/mol. The summed E-state index contributed by atoms with van der Waals surface area (Å²) >= 11 is 0. The highest BCUT2D eigenvalue weighted by molar-refractivity contribution is 5.86. The van der Waals surface area contributed by atoms with Gasteiger partial charge in [-0.3, -0.25) is 4.98 Å². The molecule has 2 aromatic heterocycles. The van der Waals surface area contributed by atoms with Crippen molar-refractivity contribution in [1.29, 1.82) is 0 Å². The molecule has 1 aliphatic rings. The monoisotopic (exact) mass is 446 g/mol.